The smallest absolute Gasteiger partial charge is 0.253 e. The molecule has 1 heterocycles. The Hall–Kier alpha value is -2.56. The number of aromatic amines is 1. The number of carbonyl (C=O) groups is 2. The van der Waals surface area contributed by atoms with Gasteiger partial charge in [0.2, 0.25) is 0 Å². The molecule has 1 amide bonds. The van der Waals surface area contributed by atoms with Gasteiger partial charge in [-0.1, -0.05) is 12.1 Å². The van der Waals surface area contributed by atoms with Crippen molar-refractivity contribution in [2.75, 3.05) is 7.11 Å². The summed E-state index contributed by atoms with van der Waals surface area (Å²) in [7, 11) is 1.61. The molecule has 22 heavy (non-hydrogen) atoms. The van der Waals surface area contributed by atoms with E-state index < -0.39 is 0 Å². The molecule has 0 radical (unpaired) electrons. The maximum absolute atomic E-state index is 12.4. The molecule has 116 valence electrons. The van der Waals surface area contributed by atoms with Crippen LogP contribution in [0, 0.1) is 13.8 Å². The molecule has 0 saturated heterocycles. The van der Waals surface area contributed by atoms with Crippen LogP contribution in [0.2, 0.25) is 0 Å². The zero-order chi connectivity index (χ0) is 16.3. The van der Waals surface area contributed by atoms with E-state index in [9.17, 15) is 9.59 Å². The second kappa shape index (κ2) is 6.47. The summed E-state index contributed by atoms with van der Waals surface area (Å²) in [4.78, 5) is 26.9. The monoisotopic (exact) mass is 300 g/mol. The van der Waals surface area contributed by atoms with Crippen LogP contribution in [0.3, 0.4) is 0 Å². The van der Waals surface area contributed by atoms with Crippen molar-refractivity contribution < 1.29 is 14.3 Å². The first kappa shape index (κ1) is 15.8. The molecule has 1 aromatic carbocycles. The number of ether oxygens (including phenoxy) is 1. The first-order chi connectivity index (χ1) is 10.4. The predicted octanol–water partition coefficient (Wildman–Crippen LogP) is 2.77. The van der Waals surface area contributed by atoms with Gasteiger partial charge in [-0.05, 0) is 37.1 Å². The Kier molecular flexibility index (Phi) is 4.65. The van der Waals surface area contributed by atoms with Gasteiger partial charge in [0.25, 0.3) is 5.91 Å². The van der Waals surface area contributed by atoms with Crippen molar-refractivity contribution in [3.05, 3.63) is 52.3 Å². The Morgan fingerprint density at radius 2 is 1.82 bits per heavy atom. The Morgan fingerprint density at radius 1 is 1.18 bits per heavy atom. The molecule has 5 nitrogen and oxygen atoms in total. The summed E-state index contributed by atoms with van der Waals surface area (Å²) in [5.41, 5.74) is 3.41. The number of rotatable bonds is 5. The highest BCUT2D eigenvalue weighted by Gasteiger charge is 2.19. The van der Waals surface area contributed by atoms with Gasteiger partial charge < -0.3 is 15.0 Å². The average Bonchev–Trinajstić information content (AvgIpc) is 2.80. The maximum Gasteiger partial charge on any atom is 0.253 e. The fraction of sp³-hybridized carbons (Fsp3) is 0.294. The molecule has 5 heteroatoms. The summed E-state index contributed by atoms with van der Waals surface area (Å²) in [6.45, 7) is 5.48. The molecule has 2 rings (SSSR count). The lowest BCUT2D eigenvalue weighted by atomic mass is 10.1. The summed E-state index contributed by atoms with van der Waals surface area (Å²) in [6, 6.07) is 7.50. The van der Waals surface area contributed by atoms with Crippen LogP contribution in [0.4, 0.5) is 0 Å². The van der Waals surface area contributed by atoms with Gasteiger partial charge >= 0.3 is 0 Å². The van der Waals surface area contributed by atoms with E-state index in [0.29, 0.717) is 29.1 Å². The van der Waals surface area contributed by atoms with E-state index in [0.717, 1.165) is 11.3 Å². The van der Waals surface area contributed by atoms with Gasteiger partial charge in [-0.25, -0.2) is 0 Å². The molecule has 0 unspecified atom stereocenters. The SMILES string of the molecule is COc1ccc(CNC(=O)c2c(C)[nH]c(C(C)=O)c2C)cc1. The topological polar surface area (TPSA) is 71.2 Å². The summed E-state index contributed by atoms with van der Waals surface area (Å²) in [5.74, 6) is 0.517. The van der Waals surface area contributed by atoms with Crippen molar-refractivity contribution in [3.8, 4) is 5.75 Å². The highest BCUT2D eigenvalue weighted by atomic mass is 16.5. The number of hydrogen-bond donors (Lipinski definition) is 2. The molecule has 1 aromatic heterocycles. The zero-order valence-electron chi connectivity index (χ0n) is 13.2. The number of hydrogen-bond acceptors (Lipinski definition) is 3. The van der Waals surface area contributed by atoms with Crippen molar-refractivity contribution in [1.29, 1.82) is 0 Å². The predicted molar refractivity (Wildman–Crippen MR) is 84.4 cm³/mol. The highest BCUT2D eigenvalue weighted by Crippen LogP contribution is 2.18. The first-order valence-electron chi connectivity index (χ1n) is 7.05. The van der Waals surface area contributed by atoms with Crippen LogP contribution in [0.5, 0.6) is 5.75 Å². The molecule has 0 spiro atoms. The second-order valence-electron chi connectivity index (χ2n) is 5.21. The quantitative estimate of drug-likeness (QED) is 0.834. The van der Waals surface area contributed by atoms with Crippen LogP contribution >= 0.6 is 0 Å². The fourth-order valence-electron chi connectivity index (χ4n) is 2.46. The number of carbonyl (C=O) groups excluding carboxylic acids is 2. The van der Waals surface area contributed by atoms with Crippen LogP contribution in [0.25, 0.3) is 0 Å². The molecule has 2 N–H and O–H groups in total. The number of H-pyrrole nitrogens is 1. The molecular formula is C17H20N2O3. The van der Waals surface area contributed by atoms with Crippen LogP contribution < -0.4 is 10.1 Å². The fourth-order valence-corrected chi connectivity index (χ4v) is 2.46. The number of benzene rings is 1. The minimum absolute atomic E-state index is 0.0743. The van der Waals surface area contributed by atoms with E-state index in [1.54, 1.807) is 21.0 Å². The van der Waals surface area contributed by atoms with E-state index in [4.69, 9.17) is 4.74 Å². The van der Waals surface area contributed by atoms with E-state index in [1.165, 1.54) is 6.92 Å². The van der Waals surface area contributed by atoms with Gasteiger partial charge in [-0.3, -0.25) is 9.59 Å². The van der Waals surface area contributed by atoms with E-state index >= 15 is 0 Å². The van der Waals surface area contributed by atoms with Gasteiger partial charge in [0.1, 0.15) is 5.75 Å². The Balaban J connectivity index is 2.10. The largest absolute Gasteiger partial charge is 0.497 e. The van der Waals surface area contributed by atoms with Gasteiger partial charge in [0, 0.05) is 19.2 Å². The molecule has 0 fully saturated rings. The minimum Gasteiger partial charge on any atom is -0.497 e. The first-order valence-corrected chi connectivity index (χ1v) is 7.05. The van der Waals surface area contributed by atoms with Gasteiger partial charge in [0.05, 0.1) is 18.4 Å². The molecule has 0 aliphatic rings. The number of amides is 1. The number of aryl methyl sites for hydroxylation is 1. The number of methoxy groups -OCH3 is 1. The lowest BCUT2D eigenvalue weighted by Crippen LogP contribution is -2.23. The van der Waals surface area contributed by atoms with E-state index in [1.807, 2.05) is 24.3 Å². The standard InChI is InChI=1S/C17H20N2O3/c1-10-15(11(2)19-16(10)12(3)20)17(21)18-9-13-5-7-14(22-4)8-6-13/h5-8,19H,9H2,1-4H3,(H,18,21). The van der Waals surface area contributed by atoms with Crippen molar-refractivity contribution in [3.63, 3.8) is 0 Å². The number of aromatic nitrogens is 1. The van der Waals surface area contributed by atoms with Crippen LogP contribution in [-0.4, -0.2) is 23.8 Å². The van der Waals surface area contributed by atoms with Crippen molar-refractivity contribution in [2.45, 2.75) is 27.3 Å². The highest BCUT2D eigenvalue weighted by molar-refractivity contribution is 6.02. The van der Waals surface area contributed by atoms with Gasteiger partial charge in [-0.2, -0.15) is 0 Å². The number of nitrogens with one attached hydrogen (secondary N) is 2. The van der Waals surface area contributed by atoms with Crippen LogP contribution in [0.15, 0.2) is 24.3 Å². The third-order valence-electron chi connectivity index (χ3n) is 3.63. The molecule has 2 aromatic rings. The van der Waals surface area contributed by atoms with Crippen molar-refractivity contribution in [1.82, 2.24) is 10.3 Å². The second-order valence-corrected chi connectivity index (χ2v) is 5.21. The summed E-state index contributed by atoms with van der Waals surface area (Å²) >= 11 is 0. The molecular weight excluding hydrogens is 280 g/mol. The molecule has 0 saturated carbocycles. The number of Topliss-reactive ketones (excluding diaryl/α,β-unsaturated/α-hetero) is 1. The Bertz CT molecular complexity index is 699. The summed E-state index contributed by atoms with van der Waals surface area (Å²) in [5, 5.41) is 2.88. The lowest BCUT2D eigenvalue weighted by Gasteiger charge is -2.07. The third kappa shape index (κ3) is 3.19. The third-order valence-corrected chi connectivity index (χ3v) is 3.63. The average molecular weight is 300 g/mol. The van der Waals surface area contributed by atoms with Crippen molar-refractivity contribution in [2.24, 2.45) is 0 Å². The van der Waals surface area contributed by atoms with Crippen LogP contribution in [-0.2, 0) is 6.54 Å². The molecule has 0 bridgehead atoms. The van der Waals surface area contributed by atoms with Crippen molar-refractivity contribution >= 4 is 11.7 Å². The normalized spacial score (nSPS) is 10.4. The minimum atomic E-state index is -0.186. The van der Waals surface area contributed by atoms with E-state index in [2.05, 4.69) is 10.3 Å². The zero-order valence-corrected chi connectivity index (χ0v) is 13.2. The molecule has 0 atom stereocenters. The molecule has 0 aliphatic heterocycles. The van der Waals surface area contributed by atoms with E-state index in [-0.39, 0.29) is 11.7 Å². The molecule has 0 aliphatic carbocycles. The summed E-state index contributed by atoms with van der Waals surface area (Å²) in [6.07, 6.45) is 0. The summed E-state index contributed by atoms with van der Waals surface area (Å²) < 4.78 is 5.10. The van der Waals surface area contributed by atoms with Gasteiger partial charge in [-0.15, -0.1) is 0 Å². The lowest BCUT2D eigenvalue weighted by molar-refractivity contribution is 0.0949. The Morgan fingerprint density at radius 3 is 2.32 bits per heavy atom. The van der Waals surface area contributed by atoms with Gasteiger partial charge in [0.15, 0.2) is 5.78 Å². The Labute approximate surface area is 129 Å². The van der Waals surface area contributed by atoms with Crippen LogP contribution in [0.1, 0.15) is 44.6 Å². The number of ketones is 1. The maximum atomic E-state index is 12.4.